The van der Waals surface area contributed by atoms with Crippen LogP contribution in [0.25, 0.3) is 0 Å². The van der Waals surface area contributed by atoms with E-state index >= 15 is 0 Å². The number of ether oxygens (including phenoxy) is 1. The van der Waals surface area contributed by atoms with E-state index in [1.165, 1.54) is 19.2 Å². The van der Waals surface area contributed by atoms with E-state index in [9.17, 15) is 14.9 Å². The van der Waals surface area contributed by atoms with Gasteiger partial charge in [-0.1, -0.05) is 0 Å². The second-order valence-electron chi connectivity index (χ2n) is 2.81. The Bertz CT molecular complexity index is 420. The van der Waals surface area contributed by atoms with Crippen LogP contribution in [0, 0.1) is 10.1 Å². The molecule has 0 heterocycles. The highest BCUT2D eigenvalue weighted by Crippen LogP contribution is 2.28. The van der Waals surface area contributed by atoms with E-state index in [-0.39, 0.29) is 11.4 Å². The Morgan fingerprint density at radius 1 is 1.56 bits per heavy atom. The molecule has 0 spiro atoms. The van der Waals surface area contributed by atoms with Gasteiger partial charge in [0.25, 0.3) is 5.69 Å². The fourth-order valence-corrected chi connectivity index (χ4v) is 1.70. The third-order valence-corrected chi connectivity index (χ3v) is 2.63. The number of hydrogen-bond donors (Lipinski definition) is 1. The van der Waals surface area contributed by atoms with Gasteiger partial charge >= 0.3 is 5.97 Å². The summed E-state index contributed by atoms with van der Waals surface area (Å²) in [4.78, 5) is 20.9. The van der Waals surface area contributed by atoms with E-state index in [2.05, 4.69) is 0 Å². The van der Waals surface area contributed by atoms with Crippen LogP contribution in [-0.2, 0) is 4.79 Å². The lowest BCUT2D eigenvalue weighted by Gasteiger charge is -2.03. The van der Waals surface area contributed by atoms with E-state index in [4.69, 9.17) is 9.84 Å². The molecule has 0 saturated heterocycles. The molecule has 0 radical (unpaired) electrons. The van der Waals surface area contributed by atoms with Crippen LogP contribution in [0.3, 0.4) is 0 Å². The minimum Gasteiger partial charge on any atom is -0.496 e. The SMILES string of the molecule is COc1cc(SCC(=O)O)cc([N+](=O)[O-])c1. The maximum Gasteiger partial charge on any atom is 0.313 e. The van der Waals surface area contributed by atoms with Crippen LogP contribution in [0.1, 0.15) is 0 Å². The fourth-order valence-electron chi connectivity index (χ4n) is 1.01. The third kappa shape index (κ3) is 3.43. The van der Waals surface area contributed by atoms with Gasteiger partial charge < -0.3 is 9.84 Å². The van der Waals surface area contributed by atoms with Crippen molar-refractivity contribution in [2.75, 3.05) is 12.9 Å². The molecule has 1 rings (SSSR count). The monoisotopic (exact) mass is 243 g/mol. The number of methoxy groups -OCH3 is 1. The van der Waals surface area contributed by atoms with E-state index in [1.54, 1.807) is 6.07 Å². The van der Waals surface area contributed by atoms with Crippen molar-refractivity contribution in [3.8, 4) is 5.75 Å². The van der Waals surface area contributed by atoms with E-state index < -0.39 is 10.9 Å². The van der Waals surface area contributed by atoms with Crippen molar-refractivity contribution < 1.29 is 19.6 Å². The van der Waals surface area contributed by atoms with Crippen LogP contribution in [0.4, 0.5) is 5.69 Å². The topological polar surface area (TPSA) is 89.7 Å². The largest absolute Gasteiger partial charge is 0.496 e. The Kier molecular flexibility index (Phi) is 4.12. The van der Waals surface area contributed by atoms with Gasteiger partial charge in [0.15, 0.2) is 0 Å². The quantitative estimate of drug-likeness (QED) is 0.481. The molecule has 1 N–H and O–H groups in total. The fraction of sp³-hybridized carbons (Fsp3) is 0.222. The predicted molar refractivity (Wildman–Crippen MR) is 58.0 cm³/mol. The lowest BCUT2D eigenvalue weighted by Crippen LogP contribution is -1.98. The summed E-state index contributed by atoms with van der Waals surface area (Å²) < 4.78 is 4.89. The number of carboxylic acid groups (broad SMARTS) is 1. The molecular weight excluding hydrogens is 234 g/mol. The van der Waals surface area contributed by atoms with Crippen LogP contribution in [-0.4, -0.2) is 28.9 Å². The van der Waals surface area contributed by atoms with Gasteiger partial charge in [-0.25, -0.2) is 0 Å². The van der Waals surface area contributed by atoms with Gasteiger partial charge in [0, 0.05) is 11.0 Å². The summed E-state index contributed by atoms with van der Waals surface area (Å²) in [6.07, 6.45) is 0. The lowest BCUT2D eigenvalue weighted by atomic mass is 10.3. The van der Waals surface area contributed by atoms with Crippen LogP contribution in [0.5, 0.6) is 5.75 Å². The van der Waals surface area contributed by atoms with Gasteiger partial charge in [-0.05, 0) is 6.07 Å². The summed E-state index contributed by atoms with van der Waals surface area (Å²) in [7, 11) is 1.39. The standard InChI is InChI=1S/C9H9NO5S/c1-15-7-2-6(10(13)14)3-8(4-7)16-5-9(11)12/h2-4H,5H2,1H3,(H,11,12). The van der Waals surface area contributed by atoms with Gasteiger partial charge in [0.1, 0.15) is 5.75 Å². The summed E-state index contributed by atoms with van der Waals surface area (Å²) in [5.41, 5.74) is -0.118. The number of nitro groups is 1. The Labute approximate surface area is 95.4 Å². The molecule has 16 heavy (non-hydrogen) atoms. The Morgan fingerprint density at radius 3 is 2.75 bits per heavy atom. The number of benzene rings is 1. The summed E-state index contributed by atoms with van der Waals surface area (Å²) in [5, 5.41) is 19.1. The molecule has 86 valence electrons. The van der Waals surface area contributed by atoms with Crippen molar-refractivity contribution in [3.05, 3.63) is 28.3 Å². The zero-order valence-electron chi connectivity index (χ0n) is 8.37. The normalized spacial score (nSPS) is 9.81. The molecule has 0 saturated carbocycles. The lowest BCUT2D eigenvalue weighted by molar-refractivity contribution is -0.385. The molecule has 0 unspecified atom stereocenters. The number of carbonyl (C=O) groups is 1. The van der Waals surface area contributed by atoms with E-state index in [0.29, 0.717) is 10.6 Å². The number of nitro benzene ring substituents is 1. The highest BCUT2D eigenvalue weighted by atomic mass is 32.2. The van der Waals surface area contributed by atoms with Gasteiger partial charge in [-0.2, -0.15) is 0 Å². The smallest absolute Gasteiger partial charge is 0.313 e. The van der Waals surface area contributed by atoms with Crippen molar-refractivity contribution in [3.63, 3.8) is 0 Å². The molecule has 0 aromatic heterocycles. The first kappa shape index (κ1) is 12.3. The first-order valence-electron chi connectivity index (χ1n) is 4.21. The third-order valence-electron chi connectivity index (χ3n) is 1.67. The molecule has 0 bridgehead atoms. The molecule has 1 aromatic carbocycles. The maximum absolute atomic E-state index is 10.6. The zero-order chi connectivity index (χ0) is 12.1. The maximum atomic E-state index is 10.6. The molecule has 0 aliphatic heterocycles. The van der Waals surface area contributed by atoms with Crippen molar-refractivity contribution in [1.29, 1.82) is 0 Å². The highest BCUT2D eigenvalue weighted by Gasteiger charge is 2.11. The predicted octanol–water partition coefficient (Wildman–Crippen LogP) is 1.78. The molecule has 0 fully saturated rings. The molecule has 1 aromatic rings. The van der Waals surface area contributed by atoms with Crippen LogP contribution in [0.2, 0.25) is 0 Å². The van der Waals surface area contributed by atoms with Crippen LogP contribution in [0.15, 0.2) is 23.1 Å². The Balaban J connectivity index is 2.95. The first-order chi connectivity index (χ1) is 7.52. The number of aliphatic carboxylic acids is 1. The molecule has 0 atom stereocenters. The minimum absolute atomic E-state index is 0.118. The second kappa shape index (κ2) is 5.36. The summed E-state index contributed by atoms with van der Waals surface area (Å²) in [6.45, 7) is 0. The van der Waals surface area contributed by atoms with Crippen molar-refractivity contribution in [2.24, 2.45) is 0 Å². The number of hydrogen-bond acceptors (Lipinski definition) is 5. The first-order valence-corrected chi connectivity index (χ1v) is 5.19. The number of carboxylic acids is 1. The van der Waals surface area contributed by atoms with E-state index in [0.717, 1.165) is 11.8 Å². The summed E-state index contributed by atoms with van der Waals surface area (Å²) in [5.74, 6) is -0.790. The highest BCUT2D eigenvalue weighted by molar-refractivity contribution is 8.00. The molecule has 6 nitrogen and oxygen atoms in total. The van der Waals surface area contributed by atoms with Gasteiger partial charge in [-0.15, -0.1) is 11.8 Å². The van der Waals surface area contributed by atoms with Crippen molar-refractivity contribution in [1.82, 2.24) is 0 Å². The van der Waals surface area contributed by atoms with Gasteiger partial charge in [0.2, 0.25) is 0 Å². The Morgan fingerprint density at radius 2 is 2.25 bits per heavy atom. The molecule has 0 aliphatic rings. The van der Waals surface area contributed by atoms with Gasteiger partial charge in [-0.3, -0.25) is 14.9 Å². The number of non-ortho nitro benzene ring substituents is 1. The molecule has 7 heteroatoms. The Hall–Kier alpha value is -1.76. The number of thioether (sulfide) groups is 1. The van der Waals surface area contributed by atoms with Crippen LogP contribution < -0.4 is 4.74 Å². The zero-order valence-corrected chi connectivity index (χ0v) is 9.19. The second-order valence-corrected chi connectivity index (χ2v) is 3.86. The minimum atomic E-state index is -0.976. The molecular formula is C9H9NO5S. The number of nitrogens with zero attached hydrogens (tertiary/aromatic N) is 1. The van der Waals surface area contributed by atoms with Crippen molar-refractivity contribution in [2.45, 2.75) is 4.90 Å². The van der Waals surface area contributed by atoms with Crippen molar-refractivity contribution >= 4 is 23.4 Å². The summed E-state index contributed by atoms with van der Waals surface area (Å²) in [6, 6.07) is 4.15. The molecule has 0 aliphatic carbocycles. The average Bonchev–Trinajstić information content (AvgIpc) is 2.25. The van der Waals surface area contributed by atoms with Gasteiger partial charge in [0.05, 0.1) is 23.9 Å². The van der Waals surface area contributed by atoms with Crippen LogP contribution >= 0.6 is 11.8 Å². The molecule has 0 amide bonds. The number of rotatable bonds is 5. The summed E-state index contributed by atoms with van der Waals surface area (Å²) >= 11 is 1.01. The average molecular weight is 243 g/mol. The van der Waals surface area contributed by atoms with E-state index in [1.807, 2.05) is 0 Å².